The van der Waals surface area contributed by atoms with Crippen molar-refractivity contribution in [2.75, 3.05) is 14.2 Å². The Morgan fingerprint density at radius 1 is 1.03 bits per heavy atom. The zero-order valence-corrected chi connectivity index (χ0v) is 18.6. The van der Waals surface area contributed by atoms with Crippen LogP contribution in [0.5, 0.6) is 11.5 Å². The third-order valence-electron chi connectivity index (χ3n) is 6.08. The maximum absolute atomic E-state index is 13.3. The molecule has 1 aliphatic carbocycles. The number of ether oxygens (including phenoxy) is 3. The summed E-state index contributed by atoms with van der Waals surface area (Å²) in [5.74, 6) is -0.0138. The molecule has 1 heterocycles. The van der Waals surface area contributed by atoms with E-state index in [2.05, 4.69) is 4.99 Å². The van der Waals surface area contributed by atoms with Gasteiger partial charge in [0.1, 0.15) is 24.0 Å². The Bertz CT molecular complexity index is 1080. The van der Waals surface area contributed by atoms with Gasteiger partial charge in [-0.2, -0.15) is 0 Å². The van der Waals surface area contributed by atoms with Gasteiger partial charge in [-0.1, -0.05) is 24.3 Å². The second-order valence-corrected chi connectivity index (χ2v) is 8.08. The largest absolute Gasteiger partial charge is 0.497 e. The van der Waals surface area contributed by atoms with Gasteiger partial charge in [-0.05, 0) is 55.2 Å². The van der Waals surface area contributed by atoms with Crippen molar-refractivity contribution in [3.8, 4) is 11.5 Å². The molecule has 1 aliphatic heterocycles. The number of ketones is 1. The highest BCUT2D eigenvalue weighted by Gasteiger charge is 2.43. The first-order valence-electron chi connectivity index (χ1n) is 10.8. The highest BCUT2D eigenvalue weighted by Crippen LogP contribution is 2.44. The van der Waals surface area contributed by atoms with Gasteiger partial charge in [0.15, 0.2) is 5.78 Å². The van der Waals surface area contributed by atoms with Crippen molar-refractivity contribution < 1.29 is 23.8 Å². The van der Waals surface area contributed by atoms with Crippen LogP contribution in [0.4, 0.5) is 0 Å². The van der Waals surface area contributed by atoms with Crippen molar-refractivity contribution >= 4 is 17.5 Å². The number of hydrogen-bond acceptors (Lipinski definition) is 6. The predicted molar refractivity (Wildman–Crippen MR) is 121 cm³/mol. The van der Waals surface area contributed by atoms with Crippen LogP contribution in [-0.2, 0) is 20.9 Å². The predicted octanol–water partition coefficient (Wildman–Crippen LogP) is 4.63. The lowest BCUT2D eigenvalue weighted by molar-refractivity contribution is -0.148. The summed E-state index contributed by atoms with van der Waals surface area (Å²) in [6.45, 7) is 1.98. The lowest BCUT2D eigenvalue weighted by atomic mass is 9.71. The minimum Gasteiger partial charge on any atom is -0.497 e. The number of esters is 1. The van der Waals surface area contributed by atoms with Crippen LogP contribution in [0.25, 0.3) is 0 Å². The maximum atomic E-state index is 13.3. The second kappa shape index (κ2) is 9.39. The van der Waals surface area contributed by atoms with Gasteiger partial charge in [0.2, 0.25) is 0 Å². The minimum atomic E-state index is -0.666. The molecule has 0 fully saturated rings. The molecule has 0 saturated heterocycles. The number of carbonyl (C=O) groups excluding carboxylic acids is 2. The standard InChI is InChI=1S/C26H27NO5/c1-16-23(26(29)32-15-17-10-12-19(30-2)13-11-17)24(18-6-4-7-20(14-18)31-3)25-21(27-16)8-5-9-22(25)28/h4,6-7,10-14,23-24H,5,8-9,15H2,1-3H3/t23?,24-/m0/s1. The Morgan fingerprint density at radius 2 is 1.78 bits per heavy atom. The average Bonchev–Trinajstić information content (AvgIpc) is 2.82. The Hall–Kier alpha value is -3.41. The van der Waals surface area contributed by atoms with E-state index in [-0.39, 0.29) is 18.4 Å². The molecule has 4 rings (SSSR count). The van der Waals surface area contributed by atoms with Crippen molar-refractivity contribution in [3.05, 3.63) is 70.9 Å². The minimum absolute atomic E-state index is 0.0586. The monoisotopic (exact) mass is 433 g/mol. The number of benzene rings is 2. The lowest BCUT2D eigenvalue weighted by Crippen LogP contribution is -2.37. The molecular weight excluding hydrogens is 406 g/mol. The van der Waals surface area contributed by atoms with E-state index in [0.717, 1.165) is 35.4 Å². The van der Waals surface area contributed by atoms with Crippen LogP contribution >= 0.6 is 0 Å². The van der Waals surface area contributed by atoms with E-state index in [9.17, 15) is 9.59 Å². The molecule has 1 unspecified atom stereocenters. The van der Waals surface area contributed by atoms with Gasteiger partial charge in [-0.15, -0.1) is 0 Å². The van der Waals surface area contributed by atoms with Crippen LogP contribution in [0.15, 0.2) is 64.8 Å². The normalized spacial score (nSPS) is 20.3. The molecule has 0 radical (unpaired) electrons. The number of hydrogen-bond donors (Lipinski definition) is 0. The fourth-order valence-corrected chi connectivity index (χ4v) is 4.47. The first-order chi connectivity index (χ1) is 15.5. The molecule has 6 nitrogen and oxygen atoms in total. The third-order valence-corrected chi connectivity index (χ3v) is 6.08. The summed E-state index contributed by atoms with van der Waals surface area (Å²) in [6, 6.07) is 14.9. The molecule has 32 heavy (non-hydrogen) atoms. The summed E-state index contributed by atoms with van der Waals surface area (Å²) < 4.78 is 16.3. The summed E-state index contributed by atoms with van der Waals surface area (Å²) in [7, 11) is 3.21. The molecule has 2 aliphatic rings. The number of methoxy groups -OCH3 is 2. The molecule has 6 heteroatoms. The fraction of sp³-hybridized carbons (Fsp3) is 0.346. The highest BCUT2D eigenvalue weighted by atomic mass is 16.5. The van der Waals surface area contributed by atoms with Gasteiger partial charge >= 0.3 is 5.97 Å². The summed E-state index contributed by atoms with van der Waals surface area (Å²) in [6.07, 6.45) is 2.00. The Balaban J connectivity index is 1.66. The molecule has 2 aromatic carbocycles. The van der Waals surface area contributed by atoms with E-state index in [4.69, 9.17) is 14.2 Å². The van der Waals surface area contributed by atoms with Crippen LogP contribution in [0, 0.1) is 5.92 Å². The molecule has 0 spiro atoms. The number of Topliss-reactive ketones (excluding diaryl/α,β-unsaturated/α-hetero) is 1. The lowest BCUT2D eigenvalue weighted by Gasteiger charge is -2.34. The number of aliphatic imine (C=N–C) groups is 1. The molecule has 0 saturated carbocycles. The Morgan fingerprint density at radius 3 is 2.50 bits per heavy atom. The zero-order chi connectivity index (χ0) is 22.7. The molecule has 2 atom stereocenters. The quantitative estimate of drug-likeness (QED) is 0.621. The third kappa shape index (κ3) is 4.31. The Labute approximate surface area is 187 Å². The number of nitrogens with zero attached hydrogens (tertiary/aromatic N) is 1. The molecule has 0 N–H and O–H groups in total. The van der Waals surface area contributed by atoms with E-state index >= 15 is 0 Å². The Kier molecular flexibility index (Phi) is 6.40. The second-order valence-electron chi connectivity index (χ2n) is 8.08. The van der Waals surface area contributed by atoms with E-state index in [1.807, 2.05) is 55.5 Å². The molecule has 166 valence electrons. The van der Waals surface area contributed by atoms with Crippen LogP contribution in [-0.4, -0.2) is 31.7 Å². The van der Waals surface area contributed by atoms with Gasteiger partial charge in [0.05, 0.1) is 14.2 Å². The first-order valence-corrected chi connectivity index (χ1v) is 10.8. The topological polar surface area (TPSA) is 74.2 Å². The van der Waals surface area contributed by atoms with Crippen molar-refractivity contribution in [3.63, 3.8) is 0 Å². The number of allylic oxidation sites excluding steroid dienone is 2. The summed E-state index contributed by atoms with van der Waals surface area (Å²) in [5.41, 5.74) is 3.82. The van der Waals surface area contributed by atoms with Gasteiger partial charge in [-0.25, -0.2) is 0 Å². The first kappa shape index (κ1) is 21.8. The summed E-state index contributed by atoms with van der Waals surface area (Å²) >= 11 is 0. The van der Waals surface area contributed by atoms with Gasteiger partial charge in [0, 0.05) is 29.3 Å². The smallest absolute Gasteiger partial charge is 0.315 e. The molecule has 0 amide bonds. The SMILES string of the molecule is COc1ccc(COC(=O)C2C(C)=NC3=C(C(=O)CCC3)[C@H]2c2cccc(OC)c2)cc1. The van der Waals surface area contributed by atoms with Gasteiger partial charge in [0.25, 0.3) is 0 Å². The molecule has 2 aromatic rings. The van der Waals surface area contributed by atoms with Crippen molar-refractivity contribution in [2.24, 2.45) is 10.9 Å². The van der Waals surface area contributed by atoms with Crippen LogP contribution in [0.1, 0.15) is 43.2 Å². The molecular formula is C26H27NO5. The molecule has 0 bridgehead atoms. The van der Waals surface area contributed by atoms with Crippen LogP contribution < -0.4 is 9.47 Å². The molecule has 0 aromatic heterocycles. The number of rotatable bonds is 6. The van der Waals surface area contributed by atoms with Crippen LogP contribution in [0.2, 0.25) is 0 Å². The summed E-state index contributed by atoms with van der Waals surface area (Å²) in [4.78, 5) is 31.0. The highest BCUT2D eigenvalue weighted by molar-refractivity contribution is 6.08. The van der Waals surface area contributed by atoms with Gasteiger partial charge in [-0.3, -0.25) is 14.6 Å². The van der Waals surface area contributed by atoms with Crippen molar-refractivity contribution in [2.45, 2.75) is 38.7 Å². The van der Waals surface area contributed by atoms with Crippen LogP contribution in [0.3, 0.4) is 0 Å². The van der Waals surface area contributed by atoms with E-state index in [1.165, 1.54) is 0 Å². The van der Waals surface area contributed by atoms with E-state index in [0.29, 0.717) is 23.5 Å². The zero-order valence-electron chi connectivity index (χ0n) is 18.6. The van der Waals surface area contributed by atoms with E-state index < -0.39 is 11.8 Å². The van der Waals surface area contributed by atoms with E-state index in [1.54, 1.807) is 14.2 Å². The summed E-state index contributed by atoms with van der Waals surface area (Å²) in [5, 5.41) is 0. The average molecular weight is 434 g/mol. The van der Waals surface area contributed by atoms with Crippen molar-refractivity contribution in [1.29, 1.82) is 0 Å². The number of carbonyl (C=O) groups is 2. The van der Waals surface area contributed by atoms with Gasteiger partial charge < -0.3 is 14.2 Å². The fourth-order valence-electron chi connectivity index (χ4n) is 4.47. The maximum Gasteiger partial charge on any atom is 0.315 e. The van der Waals surface area contributed by atoms with Crippen molar-refractivity contribution in [1.82, 2.24) is 0 Å².